The summed E-state index contributed by atoms with van der Waals surface area (Å²) in [6, 6.07) is 0. The Hall–Kier alpha value is -2.06. The molecule has 0 bridgehead atoms. The summed E-state index contributed by atoms with van der Waals surface area (Å²) >= 11 is 0. The Labute approximate surface area is 312 Å². The number of ether oxygens (including phenoxy) is 2. The number of likely N-dealkylation sites (N-methyl/N-ethyl adjacent to an activating group) is 1. The van der Waals surface area contributed by atoms with E-state index in [0.29, 0.717) is 17.6 Å². The molecule has 0 aliphatic rings. The van der Waals surface area contributed by atoms with Gasteiger partial charge in [-0.1, -0.05) is 119 Å². The zero-order valence-corrected chi connectivity index (χ0v) is 33.9. The van der Waals surface area contributed by atoms with Crippen molar-refractivity contribution in [3.05, 3.63) is 72.9 Å². The van der Waals surface area contributed by atoms with Gasteiger partial charge in [0.05, 0.1) is 34.4 Å². The Morgan fingerprint density at radius 2 is 1.14 bits per heavy atom. The Morgan fingerprint density at radius 1 is 0.627 bits per heavy atom. The Balaban J connectivity index is 4.39. The molecule has 0 spiro atoms. The van der Waals surface area contributed by atoms with Gasteiger partial charge in [-0.25, -0.2) is 0 Å². The van der Waals surface area contributed by atoms with Gasteiger partial charge in [-0.15, -0.1) is 0 Å². The predicted molar refractivity (Wildman–Crippen MR) is 212 cm³/mol. The van der Waals surface area contributed by atoms with Crippen molar-refractivity contribution < 1.29 is 37.3 Å². The van der Waals surface area contributed by atoms with Crippen LogP contribution in [0.4, 0.5) is 0 Å². The average molecular weight is 736 g/mol. The van der Waals surface area contributed by atoms with Crippen LogP contribution in [0, 0.1) is 0 Å². The lowest BCUT2D eigenvalue weighted by Crippen LogP contribution is -2.37. The minimum Gasteiger partial charge on any atom is -0.756 e. The van der Waals surface area contributed by atoms with Gasteiger partial charge in [0, 0.05) is 13.0 Å². The molecule has 294 valence electrons. The van der Waals surface area contributed by atoms with Gasteiger partial charge < -0.3 is 27.9 Å². The van der Waals surface area contributed by atoms with Crippen molar-refractivity contribution in [2.75, 3.05) is 54.1 Å². The van der Waals surface area contributed by atoms with Gasteiger partial charge in [0.25, 0.3) is 7.82 Å². The van der Waals surface area contributed by atoms with Gasteiger partial charge in [0.1, 0.15) is 19.3 Å². The van der Waals surface area contributed by atoms with Gasteiger partial charge in [-0.3, -0.25) is 9.36 Å². The number of nitrogens with zero attached hydrogens (tertiary/aromatic N) is 1. The Morgan fingerprint density at radius 3 is 1.71 bits per heavy atom. The molecule has 0 aromatic rings. The van der Waals surface area contributed by atoms with E-state index >= 15 is 0 Å². The summed E-state index contributed by atoms with van der Waals surface area (Å²) in [5, 5.41) is 0. The van der Waals surface area contributed by atoms with Crippen molar-refractivity contribution in [1.82, 2.24) is 0 Å². The molecule has 0 amide bonds. The van der Waals surface area contributed by atoms with E-state index in [4.69, 9.17) is 18.5 Å². The molecule has 0 aliphatic carbocycles. The number of carbonyl (C=O) groups is 1. The molecule has 0 saturated carbocycles. The molecule has 0 aromatic carbocycles. The van der Waals surface area contributed by atoms with E-state index < -0.39 is 13.9 Å². The highest BCUT2D eigenvalue weighted by molar-refractivity contribution is 7.45. The summed E-state index contributed by atoms with van der Waals surface area (Å²) in [5.41, 5.74) is 0. The van der Waals surface area contributed by atoms with Crippen LogP contribution in [0.1, 0.15) is 129 Å². The lowest BCUT2D eigenvalue weighted by molar-refractivity contribution is -0.870. The molecule has 0 rings (SSSR count). The van der Waals surface area contributed by atoms with Crippen molar-refractivity contribution in [3.8, 4) is 0 Å². The summed E-state index contributed by atoms with van der Waals surface area (Å²) in [6.45, 7) is 5.10. The minimum atomic E-state index is -4.54. The monoisotopic (exact) mass is 736 g/mol. The first-order chi connectivity index (χ1) is 24.6. The molecule has 0 aromatic heterocycles. The molecule has 0 saturated heterocycles. The maximum atomic E-state index is 12.6. The van der Waals surface area contributed by atoms with Gasteiger partial charge in [-0.05, 0) is 77.0 Å². The standard InChI is InChI=1S/C42H74NO7P/c1-6-8-10-12-14-16-18-20-21-22-24-26-28-30-32-34-37-47-39-41(40-49-51(45,46)48-38-36-43(3,4)5)50-42(44)35-33-31-29-27-25-23-19-17-15-13-11-9-7-2/h8,10-11,13-14,16-17,19-21,24,26,41H,6-7,9,12,15,18,22-23,25,27-40H2,1-5H3/b10-8-,13-11-,16-14-,19-17-,21-20-,26-24-. The number of allylic oxidation sites excluding steroid dienone is 12. The number of carbonyl (C=O) groups excluding carboxylic acids is 1. The number of hydrogen-bond donors (Lipinski definition) is 0. The van der Waals surface area contributed by atoms with Gasteiger partial charge in [0.2, 0.25) is 0 Å². The molecule has 8 nitrogen and oxygen atoms in total. The highest BCUT2D eigenvalue weighted by atomic mass is 31.2. The summed E-state index contributed by atoms with van der Waals surface area (Å²) in [7, 11) is 1.31. The molecular formula is C42H74NO7P. The lowest BCUT2D eigenvalue weighted by atomic mass is 10.1. The van der Waals surface area contributed by atoms with Crippen LogP contribution in [0.25, 0.3) is 0 Å². The van der Waals surface area contributed by atoms with Gasteiger partial charge in [-0.2, -0.15) is 0 Å². The molecular weight excluding hydrogens is 661 g/mol. The number of unbranched alkanes of at least 4 members (excludes halogenated alkanes) is 9. The van der Waals surface area contributed by atoms with Crippen LogP contribution in [-0.4, -0.2) is 70.7 Å². The van der Waals surface area contributed by atoms with Crippen LogP contribution in [0.3, 0.4) is 0 Å². The van der Waals surface area contributed by atoms with E-state index in [1.807, 2.05) is 21.1 Å². The first kappa shape index (κ1) is 48.9. The second kappa shape index (κ2) is 35.0. The van der Waals surface area contributed by atoms with Crippen LogP contribution < -0.4 is 4.89 Å². The van der Waals surface area contributed by atoms with Crippen LogP contribution in [0.15, 0.2) is 72.9 Å². The lowest BCUT2D eigenvalue weighted by Gasteiger charge is -2.28. The normalized spacial score (nSPS) is 14.7. The first-order valence-electron chi connectivity index (χ1n) is 19.7. The van der Waals surface area contributed by atoms with Crippen molar-refractivity contribution in [1.29, 1.82) is 0 Å². The average Bonchev–Trinajstić information content (AvgIpc) is 3.08. The molecule has 51 heavy (non-hydrogen) atoms. The maximum absolute atomic E-state index is 12.6. The number of hydrogen-bond acceptors (Lipinski definition) is 7. The van der Waals surface area contributed by atoms with E-state index in [2.05, 4.69) is 86.8 Å². The highest BCUT2D eigenvalue weighted by Gasteiger charge is 2.20. The fourth-order valence-electron chi connectivity index (χ4n) is 4.69. The molecule has 0 aliphatic heterocycles. The van der Waals surface area contributed by atoms with E-state index in [9.17, 15) is 14.3 Å². The molecule has 0 fully saturated rings. The largest absolute Gasteiger partial charge is 0.756 e. The highest BCUT2D eigenvalue weighted by Crippen LogP contribution is 2.38. The third-order valence-electron chi connectivity index (χ3n) is 7.72. The van der Waals surface area contributed by atoms with Crippen molar-refractivity contribution in [3.63, 3.8) is 0 Å². The minimum absolute atomic E-state index is 0.0127. The zero-order valence-electron chi connectivity index (χ0n) is 33.0. The number of rotatable bonds is 35. The van der Waals surface area contributed by atoms with E-state index in [0.717, 1.165) is 103 Å². The predicted octanol–water partition coefficient (Wildman–Crippen LogP) is 10.5. The maximum Gasteiger partial charge on any atom is 0.306 e. The smallest absolute Gasteiger partial charge is 0.306 e. The Bertz CT molecular complexity index is 1040. The topological polar surface area (TPSA) is 94.1 Å². The van der Waals surface area contributed by atoms with Crippen LogP contribution in [0.5, 0.6) is 0 Å². The number of phosphoric acid groups is 1. The quantitative estimate of drug-likeness (QED) is 0.0210. The zero-order chi connectivity index (χ0) is 37.7. The van der Waals surface area contributed by atoms with Crippen LogP contribution >= 0.6 is 7.82 Å². The second-order valence-corrected chi connectivity index (χ2v) is 15.3. The molecule has 0 N–H and O–H groups in total. The van der Waals surface area contributed by atoms with Gasteiger partial charge in [0.15, 0.2) is 0 Å². The van der Waals surface area contributed by atoms with Crippen molar-refractivity contribution >= 4 is 13.8 Å². The van der Waals surface area contributed by atoms with Crippen molar-refractivity contribution in [2.45, 2.75) is 136 Å². The van der Waals surface area contributed by atoms with Crippen molar-refractivity contribution in [2.24, 2.45) is 0 Å². The van der Waals surface area contributed by atoms with E-state index in [1.165, 1.54) is 6.42 Å². The molecule has 0 heterocycles. The fourth-order valence-corrected chi connectivity index (χ4v) is 5.42. The summed E-state index contributed by atoms with van der Waals surface area (Å²) in [6.07, 6.45) is 43.4. The van der Waals surface area contributed by atoms with E-state index in [1.54, 1.807) is 0 Å². The Kier molecular flexibility index (Phi) is 33.6. The molecule has 9 heteroatoms. The molecule has 0 radical (unpaired) electrons. The summed E-state index contributed by atoms with van der Waals surface area (Å²) < 4.78 is 34.4. The SMILES string of the molecule is CC/C=C\C/C=C\C/C=C\C/C=C\CCCCCOCC(COP(=O)([O-])OCC[N+](C)(C)C)OC(=O)CCCCCCC/C=C\C/C=C\CCC. The number of phosphoric ester groups is 1. The third-order valence-corrected chi connectivity index (χ3v) is 8.69. The third kappa shape index (κ3) is 39.0. The second-order valence-electron chi connectivity index (χ2n) is 13.9. The van der Waals surface area contributed by atoms with Crippen LogP contribution in [0.2, 0.25) is 0 Å². The molecule has 2 atom stereocenters. The van der Waals surface area contributed by atoms with E-state index in [-0.39, 0.29) is 32.2 Å². The molecule has 2 unspecified atom stereocenters. The van der Waals surface area contributed by atoms with Crippen LogP contribution in [-0.2, 0) is 27.9 Å². The summed E-state index contributed by atoms with van der Waals surface area (Å²) in [5.74, 6) is -0.365. The number of quaternary nitrogens is 1. The van der Waals surface area contributed by atoms with Gasteiger partial charge >= 0.3 is 5.97 Å². The fraction of sp³-hybridized carbons (Fsp3) is 0.690. The summed E-state index contributed by atoms with van der Waals surface area (Å²) in [4.78, 5) is 24.9. The number of esters is 1. The first-order valence-corrected chi connectivity index (χ1v) is 21.1.